The average molecular weight is 515 g/mol. The van der Waals surface area contributed by atoms with Gasteiger partial charge in [-0.05, 0) is 54.8 Å². The Bertz CT molecular complexity index is 1060. The molecule has 2 fully saturated rings. The van der Waals surface area contributed by atoms with E-state index < -0.39 is 17.1 Å². The van der Waals surface area contributed by atoms with Gasteiger partial charge in [0.15, 0.2) is 0 Å². The predicted octanol–water partition coefficient (Wildman–Crippen LogP) is 3.09. The Hall–Kier alpha value is -3.31. The number of rotatable bonds is 9. The van der Waals surface area contributed by atoms with Gasteiger partial charge >= 0.3 is 6.09 Å². The summed E-state index contributed by atoms with van der Waals surface area (Å²) in [5, 5.41) is 17.2. The second-order valence-corrected chi connectivity index (χ2v) is 10.2. The van der Waals surface area contributed by atoms with E-state index in [1.807, 2.05) is 24.3 Å². The molecule has 11 heteroatoms. The lowest BCUT2D eigenvalue weighted by atomic mass is 10.1. The van der Waals surface area contributed by atoms with Gasteiger partial charge in [-0.25, -0.2) is 4.79 Å². The Balaban J connectivity index is 1.38. The van der Waals surface area contributed by atoms with Crippen LogP contribution in [-0.4, -0.2) is 65.9 Å². The largest absolute Gasteiger partial charge is 0.497 e. The Morgan fingerprint density at radius 1 is 1.17 bits per heavy atom. The van der Waals surface area contributed by atoms with Crippen molar-refractivity contribution in [1.29, 1.82) is 0 Å². The van der Waals surface area contributed by atoms with Gasteiger partial charge in [0.2, 0.25) is 5.91 Å². The third-order valence-electron chi connectivity index (χ3n) is 6.36. The normalized spacial score (nSPS) is 21.2. The third-order valence-corrected chi connectivity index (χ3v) is 7.67. The third kappa shape index (κ3) is 6.67. The van der Waals surface area contributed by atoms with Gasteiger partial charge in [0.05, 0.1) is 12.0 Å². The van der Waals surface area contributed by atoms with Gasteiger partial charge in [-0.15, -0.1) is 0 Å². The summed E-state index contributed by atoms with van der Waals surface area (Å²) in [4.78, 5) is 38.0. The van der Waals surface area contributed by atoms with E-state index >= 15 is 0 Å². The molecule has 0 aromatic heterocycles. The number of nitro groups is 1. The number of carbonyl (C=O) groups excluding carboxylic acids is 2. The van der Waals surface area contributed by atoms with Crippen LogP contribution in [-0.2, 0) is 21.9 Å². The minimum Gasteiger partial charge on any atom is -0.497 e. The van der Waals surface area contributed by atoms with Crippen molar-refractivity contribution in [2.75, 3.05) is 26.7 Å². The highest BCUT2D eigenvalue weighted by Gasteiger charge is 2.41. The average Bonchev–Trinajstić information content (AvgIpc) is 3.57. The molecule has 2 aliphatic heterocycles. The van der Waals surface area contributed by atoms with Crippen molar-refractivity contribution in [3.63, 3.8) is 0 Å². The van der Waals surface area contributed by atoms with E-state index in [4.69, 9.17) is 9.47 Å². The highest BCUT2D eigenvalue weighted by Crippen LogP contribution is 2.31. The highest BCUT2D eigenvalue weighted by molar-refractivity contribution is 7.99. The van der Waals surface area contributed by atoms with Crippen LogP contribution in [0.25, 0.3) is 0 Å². The number of hydrogen-bond donors (Lipinski definition) is 2. The molecule has 0 spiro atoms. The first-order valence-electron chi connectivity index (χ1n) is 11.9. The summed E-state index contributed by atoms with van der Waals surface area (Å²) >= 11 is 1.71. The molecule has 0 bridgehead atoms. The fourth-order valence-electron chi connectivity index (χ4n) is 4.32. The van der Waals surface area contributed by atoms with Gasteiger partial charge in [-0.1, -0.05) is 12.1 Å². The Kier molecular flexibility index (Phi) is 8.65. The molecule has 2 amide bonds. The number of thioether (sulfide) groups is 1. The summed E-state index contributed by atoms with van der Waals surface area (Å²) in [5.41, 5.74) is 1.74. The fourth-order valence-corrected chi connectivity index (χ4v) is 5.53. The van der Waals surface area contributed by atoms with E-state index in [2.05, 4.69) is 10.6 Å². The second kappa shape index (κ2) is 12.1. The number of carbonyl (C=O) groups is 2. The number of hydrogen-bond acceptors (Lipinski definition) is 8. The molecule has 10 nitrogen and oxygen atoms in total. The Labute approximate surface area is 213 Å². The zero-order chi connectivity index (χ0) is 25.5. The molecule has 2 aliphatic rings. The number of likely N-dealkylation sites (tertiary alicyclic amines) is 1. The van der Waals surface area contributed by atoms with Crippen molar-refractivity contribution < 1.29 is 24.0 Å². The number of benzene rings is 2. The first-order valence-corrected chi connectivity index (χ1v) is 12.9. The summed E-state index contributed by atoms with van der Waals surface area (Å²) in [6, 6.07) is 13.2. The monoisotopic (exact) mass is 514 g/mol. The smallest absolute Gasteiger partial charge is 0.410 e. The van der Waals surface area contributed by atoms with Crippen molar-refractivity contribution in [3.8, 4) is 5.75 Å². The summed E-state index contributed by atoms with van der Waals surface area (Å²) in [6.45, 7) is 1.95. The standard InChI is InChI=1S/C25H30N4O6S/c1-34-21-8-4-18(5-9-21)16-36-22-12-23(24(30)27-19-10-11-26-13-19)28(14-22)25(31)35-15-17-2-6-20(7-3-17)29(32)33/h2-9,19,22-23,26H,10-16H2,1H3,(H,27,30)/t19-,22-,23-/m0/s1. The number of nitro benzene ring substituents is 1. The van der Waals surface area contributed by atoms with Crippen molar-refractivity contribution in [1.82, 2.24) is 15.5 Å². The minimum absolute atomic E-state index is 0.0283. The molecule has 4 rings (SSSR count). The molecule has 2 N–H and O–H groups in total. The maximum atomic E-state index is 13.1. The van der Waals surface area contributed by atoms with Gasteiger partial charge in [-0.3, -0.25) is 19.8 Å². The van der Waals surface area contributed by atoms with Crippen LogP contribution < -0.4 is 15.4 Å². The van der Waals surface area contributed by atoms with E-state index in [1.165, 1.54) is 17.0 Å². The van der Waals surface area contributed by atoms with Gasteiger partial charge < -0.3 is 20.1 Å². The van der Waals surface area contributed by atoms with Gasteiger partial charge in [-0.2, -0.15) is 11.8 Å². The topological polar surface area (TPSA) is 123 Å². The van der Waals surface area contributed by atoms with Crippen LogP contribution in [0.4, 0.5) is 10.5 Å². The molecule has 0 radical (unpaired) electrons. The lowest BCUT2D eigenvalue weighted by molar-refractivity contribution is -0.384. The molecular formula is C25H30N4O6S. The van der Waals surface area contributed by atoms with Gasteiger partial charge in [0.25, 0.3) is 5.69 Å². The number of non-ortho nitro benzene ring substituents is 1. The highest BCUT2D eigenvalue weighted by atomic mass is 32.2. The summed E-state index contributed by atoms with van der Waals surface area (Å²) in [5.74, 6) is 1.38. The van der Waals surface area contributed by atoms with E-state index in [-0.39, 0.29) is 29.5 Å². The fraction of sp³-hybridized carbons (Fsp3) is 0.440. The molecular weight excluding hydrogens is 484 g/mol. The molecule has 0 unspecified atom stereocenters. The molecule has 2 heterocycles. The summed E-state index contributed by atoms with van der Waals surface area (Å²) in [6.07, 6.45) is 0.837. The number of ether oxygens (including phenoxy) is 2. The lowest BCUT2D eigenvalue weighted by Gasteiger charge is -2.24. The quantitative estimate of drug-likeness (QED) is 0.387. The zero-order valence-electron chi connectivity index (χ0n) is 20.1. The first-order chi connectivity index (χ1) is 17.4. The zero-order valence-corrected chi connectivity index (χ0v) is 20.9. The van der Waals surface area contributed by atoms with E-state index in [0.717, 1.165) is 36.6 Å². The number of methoxy groups -OCH3 is 1. The maximum absolute atomic E-state index is 13.1. The number of amides is 2. The SMILES string of the molecule is COc1ccc(CS[C@H]2C[C@@H](C(=O)N[C@H]3CCNC3)N(C(=O)OCc3ccc([N+](=O)[O-])cc3)C2)cc1. The first kappa shape index (κ1) is 25.8. The number of nitrogens with zero attached hydrogens (tertiary/aromatic N) is 2. The van der Waals surface area contributed by atoms with Crippen molar-refractivity contribution in [3.05, 3.63) is 69.8 Å². The second-order valence-electron chi connectivity index (χ2n) is 8.86. The van der Waals surface area contributed by atoms with Crippen molar-refractivity contribution >= 4 is 29.4 Å². The van der Waals surface area contributed by atoms with Crippen LogP contribution in [0.2, 0.25) is 0 Å². The van der Waals surface area contributed by atoms with E-state index in [1.54, 1.807) is 31.0 Å². The van der Waals surface area contributed by atoms with Crippen LogP contribution in [0.5, 0.6) is 5.75 Å². The number of nitrogens with one attached hydrogen (secondary N) is 2. The van der Waals surface area contributed by atoms with Crippen LogP contribution in [0.15, 0.2) is 48.5 Å². The molecule has 2 saturated heterocycles. The van der Waals surface area contributed by atoms with Crippen molar-refractivity contribution in [2.24, 2.45) is 0 Å². The Morgan fingerprint density at radius 3 is 2.53 bits per heavy atom. The van der Waals surface area contributed by atoms with Crippen molar-refractivity contribution in [2.45, 2.75) is 42.5 Å². The molecule has 2 aromatic rings. The molecule has 2 aromatic carbocycles. The molecule has 0 aliphatic carbocycles. The van der Waals surface area contributed by atoms with Crippen LogP contribution in [0.3, 0.4) is 0 Å². The maximum Gasteiger partial charge on any atom is 0.410 e. The molecule has 0 saturated carbocycles. The van der Waals surface area contributed by atoms with Crippen LogP contribution in [0, 0.1) is 10.1 Å². The summed E-state index contributed by atoms with van der Waals surface area (Å²) in [7, 11) is 1.63. The lowest BCUT2D eigenvalue weighted by Crippen LogP contribution is -2.49. The molecule has 192 valence electrons. The van der Waals surface area contributed by atoms with E-state index in [9.17, 15) is 19.7 Å². The summed E-state index contributed by atoms with van der Waals surface area (Å²) < 4.78 is 10.7. The minimum atomic E-state index is -0.608. The van der Waals surface area contributed by atoms with Gasteiger partial charge in [0.1, 0.15) is 18.4 Å². The Morgan fingerprint density at radius 2 is 1.89 bits per heavy atom. The van der Waals surface area contributed by atoms with Crippen LogP contribution in [0.1, 0.15) is 24.0 Å². The predicted molar refractivity (Wildman–Crippen MR) is 136 cm³/mol. The molecule has 36 heavy (non-hydrogen) atoms. The van der Waals surface area contributed by atoms with Crippen LogP contribution >= 0.6 is 11.8 Å². The van der Waals surface area contributed by atoms with Gasteiger partial charge in [0, 0.05) is 42.3 Å². The van der Waals surface area contributed by atoms with E-state index in [0.29, 0.717) is 18.5 Å². The molecule has 3 atom stereocenters.